The van der Waals surface area contributed by atoms with Crippen LogP contribution in [0.3, 0.4) is 0 Å². The third-order valence-corrected chi connectivity index (χ3v) is 1.68. The van der Waals surface area contributed by atoms with Crippen LogP contribution in [0.2, 0.25) is 0 Å². The fraction of sp³-hybridized carbons (Fsp3) is 0.636. The van der Waals surface area contributed by atoms with E-state index < -0.39 is 18.1 Å². The molecular weight excluding hydrogens is 253 g/mol. The molecule has 2 N–H and O–H groups in total. The van der Waals surface area contributed by atoms with Gasteiger partial charge in [-0.05, 0) is 12.8 Å². The molecule has 0 heterocycles. The molecule has 0 saturated heterocycles. The van der Waals surface area contributed by atoms with Crippen LogP contribution >= 0.6 is 0 Å². The number of alkyl halides is 3. The number of unbranched alkanes of at least 4 members (excludes halogenated alkanes) is 3. The van der Waals surface area contributed by atoms with Crippen LogP contribution in [-0.2, 0) is 9.59 Å². The maximum atomic E-state index is 10.6. The first-order valence-corrected chi connectivity index (χ1v) is 5.38. The van der Waals surface area contributed by atoms with Crippen LogP contribution in [0.15, 0.2) is 12.2 Å². The van der Waals surface area contributed by atoms with E-state index in [9.17, 15) is 18.0 Å². The minimum absolute atomic E-state index is 0.159. The zero-order valence-corrected chi connectivity index (χ0v) is 10.0. The molecule has 106 valence electrons. The van der Waals surface area contributed by atoms with E-state index in [0.717, 1.165) is 6.42 Å². The van der Waals surface area contributed by atoms with Crippen molar-refractivity contribution < 1.29 is 33.0 Å². The molecule has 0 bridgehead atoms. The number of aliphatic carboxylic acids is 2. The summed E-state index contributed by atoms with van der Waals surface area (Å²) in [4.78, 5) is 18.9. The monoisotopic (exact) mass is 270 g/mol. The first kappa shape index (κ1) is 18.8. The topological polar surface area (TPSA) is 74.6 Å². The minimum Gasteiger partial charge on any atom is -0.481 e. The third-order valence-electron chi connectivity index (χ3n) is 1.68. The molecule has 0 aromatic heterocycles. The van der Waals surface area contributed by atoms with Crippen molar-refractivity contribution in [3.8, 4) is 0 Å². The lowest BCUT2D eigenvalue weighted by molar-refractivity contribution is -0.192. The highest BCUT2D eigenvalue weighted by Gasteiger charge is 2.38. The smallest absolute Gasteiger partial charge is 0.481 e. The summed E-state index contributed by atoms with van der Waals surface area (Å²) in [6.45, 7) is 2.15. The van der Waals surface area contributed by atoms with E-state index in [1.807, 2.05) is 6.08 Å². The first-order chi connectivity index (χ1) is 8.21. The van der Waals surface area contributed by atoms with Crippen molar-refractivity contribution in [3.05, 3.63) is 12.2 Å². The number of allylic oxidation sites excluding steroid dienone is 1. The Hall–Kier alpha value is -1.53. The summed E-state index contributed by atoms with van der Waals surface area (Å²) in [5.41, 5.74) is 0. The van der Waals surface area contributed by atoms with Crippen molar-refractivity contribution in [2.75, 3.05) is 0 Å². The van der Waals surface area contributed by atoms with Gasteiger partial charge in [-0.3, -0.25) is 4.79 Å². The first-order valence-electron chi connectivity index (χ1n) is 5.38. The third kappa shape index (κ3) is 16.9. The molecule has 18 heavy (non-hydrogen) atoms. The highest BCUT2D eigenvalue weighted by atomic mass is 19.4. The summed E-state index contributed by atoms with van der Waals surface area (Å²) < 4.78 is 31.7. The van der Waals surface area contributed by atoms with Gasteiger partial charge in [-0.15, -0.1) is 0 Å². The summed E-state index contributed by atoms with van der Waals surface area (Å²) in [7, 11) is 0. The standard InChI is InChI=1S/C9H16O2.C2HF3O2/c1-2-3-4-5-6-7-8-9(10)11;3-2(4,5)1(6)7/h6-7H,2-5,8H2,1H3,(H,10,11);(H,6,7)/b7-6+;. The van der Waals surface area contributed by atoms with Gasteiger partial charge < -0.3 is 10.2 Å². The zero-order chi connectivity index (χ0) is 14.6. The minimum atomic E-state index is -5.08. The van der Waals surface area contributed by atoms with E-state index in [2.05, 4.69) is 6.92 Å². The Morgan fingerprint density at radius 2 is 1.61 bits per heavy atom. The molecule has 0 fully saturated rings. The molecule has 0 saturated carbocycles. The molecule has 0 amide bonds. The second-order valence-corrected chi connectivity index (χ2v) is 3.37. The molecule has 0 rings (SSSR count). The van der Waals surface area contributed by atoms with Gasteiger partial charge in [-0.1, -0.05) is 31.9 Å². The molecule has 0 aliphatic rings. The molecular formula is C11H17F3O4. The van der Waals surface area contributed by atoms with Gasteiger partial charge in [0.25, 0.3) is 0 Å². The number of rotatable bonds is 6. The Bertz CT molecular complexity index is 272. The van der Waals surface area contributed by atoms with Crippen molar-refractivity contribution in [2.45, 2.75) is 45.2 Å². The van der Waals surface area contributed by atoms with Crippen molar-refractivity contribution in [1.29, 1.82) is 0 Å². The largest absolute Gasteiger partial charge is 0.490 e. The van der Waals surface area contributed by atoms with Crippen LogP contribution in [0.1, 0.15) is 39.0 Å². The SMILES string of the molecule is CCCCC/C=C/CC(=O)O.O=C(O)C(F)(F)F. The molecule has 0 radical (unpaired) electrons. The maximum Gasteiger partial charge on any atom is 0.490 e. The average molecular weight is 270 g/mol. The number of carboxylic acids is 2. The van der Waals surface area contributed by atoms with Crippen molar-refractivity contribution >= 4 is 11.9 Å². The normalized spacial score (nSPS) is 10.9. The van der Waals surface area contributed by atoms with Crippen LogP contribution in [0.5, 0.6) is 0 Å². The molecule has 0 aromatic carbocycles. The lowest BCUT2D eigenvalue weighted by Gasteiger charge is -1.93. The van der Waals surface area contributed by atoms with E-state index in [1.54, 1.807) is 6.08 Å². The van der Waals surface area contributed by atoms with Crippen LogP contribution in [0.25, 0.3) is 0 Å². The summed E-state index contributed by atoms with van der Waals surface area (Å²) >= 11 is 0. The van der Waals surface area contributed by atoms with Crippen molar-refractivity contribution in [1.82, 2.24) is 0 Å². The number of hydrogen-bond donors (Lipinski definition) is 2. The molecule has 0 aromatic rings. The van der Waals surface area contributed by atoms with E-state index in [0.29, 0.717) is 0 Å². The van der Waals surface area contributed by atoms with Gasteiger partial charge in [0.2, 0.25) is 0 Å². The summed E-state index contributed by atoms with van der Waals surface area (Å²) in [6, 6.07) is 0. The predicted molar refractivity (Wildman–Crippen MR) is 59.2 cm³/mol. The molecule has 0 aliphatic carbocycles. The lowest BCUT2D eigenvalue weighted by atomic mass is 10.2. The van der Waals surface area contributed by atoms with Crippen LogP contribution in [-0.4, -0.2) is 28.3 Å². The Kier molecular flexibility index (Phi) is 11.1. The fourth-order valence-electron chi connectivity index (χ4n) is 0.814. The van der Waals surface area contributed by atoms with Gasteiger partial charge >= 0.3 is 18.1 Å². The highest BCUT2D eigenvalue weighted by Crippen LogP contribution is 2.13. The van der Waals surface area contributed by atoms with Gasteiger partial charge in [-0.25, -0.2) is 4.79 Å². The molecule has 0 spiro atoms. The Morgan fingerprint density at radius 1 is 1.11 bits per heavy atom. The summed E-state index contributed by atoms with van der Waals surface area (Å²) in [5.74, 6) is -3.51. The number of carboxylic acid groups (broad SMARTS) is 2. The quantitative estimate of drug-likeness (QED) is 0.574. The highest BCUT2D eigenvalue weighted by molar-refractivity contribution is 5.73. The van der Waals surface area contributed by atoms with E-state index in [1.165, 1.54) is 19.3 Å². The Morgan fingerprint density at radius 3 is 1.94 bits per heavy atom. The molecule has 0 atom stereocenters. The molecule has 7 heteroatoms. The van der Waals surface area contributed by atoms with Crippen molar-refractivity contribution in [3.63, 3.8) is 0 Å². The average Bonchev–Trinajstić information content (AvgIpc) is 2.22. The maximum absolute atomic E-state index is 10.6. The summed E-state index contributed by atoms with van der Waals surface area (Å²) in [6.07, 6.45) is 3.38. The fourth-order valence-corrected chi connectivity index (χ4v) is 0.814. The Balaban J connectivity index is 0. The molecule has 0 unspecified atom stereocenters. The van der Waals surface area contributed by atoms with Crippen LogP contribution < -0.4 is 0 Å². The molecule has 0 aliphatic heterocycles. The lowest BCUT2D eigenvalue weighted by Crippen LogP contribution is -2.21. The predicted octanol–water partition coefficient (Wildman–Crippen LogP) is 3.23. The number of halogens is 3. The van der Waals surface area contributed by atoms with Gasteiger partial charge in [0, 0.05) is 0 Å². The Labute approximate surface area is 103 Å². The summed E-state index contributed by atoms with van der Waals surface area (Å²) in [5, 5.41) is 15.4. The van der Waals surface area contributed by atoms with Gasteiger partial charge in [0.15, 0.2) is 0 Å². The number of carbonyl (C=O) groups is 2. The van der Waals surface area contributed by atoms with Gasteiger partial charge in [0.05, 0.1) is 6.42 Å². The number of hydrogen-bond acceptors (Lipinski definition) is 2. The van der Waals surface area contributed by atoms with Gasteiger partial charge in [-0.2, -0.15) is 13.2 Å². The van der Waals surface area contributed by atoms with E-state index in [4.69, 9.17) is 15.0 Å². The van der Waals surface area contributed by atoms with E-state index >= 15 is 0 Å². The van der Waals surface area contributed by atoms with E-state index in [-0.39, 0.29) is 6.42 Å². The second kappa shape index (κ2) is 10.6. The van der Waals surface area contributed by atoms with Crippen LogP contribution in [0, 0.1) is 0 Å². The molecule has 4 nitrogen and oxygen atoms in total. The second-order valence-electron chi connectivity index (χ2n) is 3.37. The van der Waals surface area contributed by atoms with Crippen LogP contribution in [0.4, 0.5) is 13.2 Å². The zero-order valence-electron chi connectivity index (χ0n) is 10.0. The van der Waals surface area contributed by atoms with Crippen molar-refractivity contribution in [2.24, 2.45) is 0 Å². The van der Waals surface area contributed by atoms with Gasteiger partial charge in [0.1, 0.15) is 0 Å².